The predicted molar refractivity (Wildman–Crippen MR) is 90.4 cm³/mol. The van der Waals surface area contributed by atoms with Gasteiger partial charge in [0.1, 0.15) is 30.8 Å². The van der Waals surface area contributed by atoms with Gasteiger partial charge in [0, 0.05) is 24.5 Å². The average Bonchev–Trinajstić information content (AvgIpc) is 3.11. The molecule has 0 aromatic carbocycles. The fourth-order valence-corrected chi connectivity index (χ4v) is 2.16. The summed E-state index contributed by atoms with van der Waals surface area (Å²) in [6.45, 7) is 3.76. The van der Waals surface area contributed by atoms with Gasteiger partial charge < -0.3 is 5.32 Å². The third-order valence-electron chi connectivity index (χ3n) is 3.50. The van der Waals surface area contributed by atoms with Crippen LogP contribution in [0, 0.1) is 0 Å². The number of carbonyl (C=O) groups is 1. The molecule has 3 rings (SSSR count). The molecule has 0 radical (unpaired) electrons. The summed E-state index contributed by atoms with van der Waals surface area (Å²) >= 11 is 0. The number of anilines is 1. The molecule has 0 unspecified atom stereocenters. The van der Waals surface area contributed by atoms with Gasteiger partial charge in [-0.25, -0.2) is 19.9 Å². The van der Waals surface area contributed by atoms with Crippen molar-refractivity contribution in [2.45, 2.75) is 26.3 Å². The van der Waals surface area contributed by atoms with Crippen LogP contribution in [0.25, 0.3) is 5.82 Å². The largest absolute Gasteiger partial charge is 0.309 e. The summed E-state index contributed by atoms with van der Waals surface area (Å²) < 4.78 is 2.94. The highest BCUT2D eigenvalue weighted by atomic mass is 16.2. The van der Waals surface area contributed by atoms with E-state index in [0.29, 0.717) is 17.3 Å². The Morgan fingerprint density at radius 2 is 2.04 bits per heavy atom. The Morgan fingerprint density at radius 1 is 1.20 bits per heavy atom. The van der Waals surface area contributed by atoms with Crippen molar-refractivity contribution >= 4 is 11.7 Å². The van der Waals surface area contributed by atoms with Crippen LogP contribution in [-0.2, 0) is 11.3 Å². The number of imidazole rings is 1. The maximum atomic E-state index is 12.2. The minimum atomic E-state index is -0.378. The Hall–Kier alpha value is -3.36. The molecule has 0 atom stereocenters. The van der Waals surface area contributed by atoms with E-state index >= 15 is 0 Å². The summed E-state index contributed by atoms with van der Waals surface area (Å²) in [7, 11) is 0. The second-order valence-corrected chi connectivity index (χ2v) is 5.71. The molecule has 128 valence electrons. The summed E-state index contributed by atoms with van der Waals surface area (Å²) in [6, 6.07) is 3.06. The van der Waals surface area contributed by atoms with Crippen LogP contribution in [0.2, 0.25) is 0 Å². The summed E-state index contributed by atoms with van der Waals surface area (Å²) in [5, 5.41) is 2.65. The third-order valence-corrected chi connectivity index (χ3v) is 3.50. The quantitative estimate of drug-likeness (QED) is 0.742. The molecule has 0 saturated carbocycles. The number of nitrogens with zero attached hydrogens (tertiary/aromatic N) is 6. The van der Waals surface area contributed by atoms with Crippen molar-refractivity contribution in [1.29, 1.82) is 0 Å². The van der Waals surface area contributed by atoms with E-state index in [1.807, 2.05) is 13.8 Å². The Morgan fingerprint density at radius 3 is 2.72 bits per heavy atom. The maximum absolute atomic E-state index is 12.2. The van der Waals surface area contributed by atoms with Crippen LogP contribution in [0.3, 0.4) is 0 Å². The van der Waals surface area contributed by atoms with Crippen molar-refractivity contribution in [2.75, 3.05) is 5.32 Å². The summed E-state index contributed by atoms with van der Waals surface area (Å²) in [5.74, 6) is 0.682. The van der Waals surface area contributed by atoms with Crippen LogP contribution < -0.4 is 10.9 Å². The summed E-state index contributed by atoms with van der Waals surface area (Å²) in [5.41, 5.74) is 0.429. The Labute approximate surface area is 143 Å². The normalized spacial score (nSPS) is 10.8. The standard InChI is InChI=1S/C16H17N7O2/c1-11(2)12-5-16(25)23(10-20-12)7-15(24)21-13-6-14(19-8-18-13)22-4-3-17-9-22/h3-6,8-11H,7H2,1-2H3,(H,18,19,21,24). The lowest BCUT2D eigenvalue weighted by molar-refractivity contribution is -0.116. The number of aromatic nitrogens is 6. The molecule has 25 heavy (non-hydrogen) atoms. The first-order valence-electron chi connectivity index (χ1n) is 7.69. The van der Waals surface area contributed by atoms with Gasteiger partial charge in [-0.15, -0.1) is 0 Å². The van der Waals surface area contributed by atoms with E-state index < -0.39 is 0 Å². The highest BCUT2D eigenvalue weighted by Gasteiger charge is 2.09. The smallest absolute Gasteiger partial charge is 0.254 e. The van der Waals surface area contributed by atoms with Crippen LogP contribution in [-0.4, -0.2) is 35.0 Å². The topological polar surface area (TPSA) is 108 Å². The van der Waals surface area contributed by atoms with Gasteiger partial charge in [-0.3, -0.25) is 18.7 Å². The number of hydrogen-bond donors (Lipinski definition) is 1. The zero-order valence-electron chi connectivity index (χ0n) is 13.8. The van der Waals surface area contributed by atoms with Gasteiger partial charge in [0.15, 0.2) is 0 Å². The first kappa shape index (κ1) is 16.5. The molecule has 3 aromatic heterocycles. The Balaban J connectivity index is 1.71. The molecule has 9 heteroatoms. The monoisotopic (exact) mass is 339 g/mol. The fourth-order valence-electron chi connectivity index (χ4n) is 2.16. The second-order valence-electron chi connectivity index (χ2n) is 5.71. The number of hydrogen-bond acceptors (Lipinski definition) is 6. The molecular weight excluding hydrogens is 322 g/mol. The molecule has 0 saturated heterocycles. The zero-order chi connectivity index (χ0) is 17.8. The van der Waals surface area contributed by atoms with E-state index in [9.17, 15) is 9.59 Å². The van der Waals surface area contributed by atoms with Crippen molar-refractivity contribution < 1.29 is 4.79 Å². The molecule has 0 aliphatic heterocycles. The lowest BCUT2D eigenvalue weighted by Crippen LogP contribution is -2.28. The Bertz CT molecular complexity index is 932. The molecule has 1 N–H and O–H groups in total. The van der Waals surface area contributed by atoms with Gasteiger partial charge in [-0.05, 0) is 5.92 Å². The first-order valence-corrected chi connectivity index (χ1v) is 7.69. The van der Waals surface area contributed by atoms with Crippen molar-refractivity contribution in [1.82, 2.24) is 29.1 Å². The van der Waals surface area contributed by atoms with Crippen molar-refractivity contribution in [3.05, 3.63) is 59.6 Å². The number of rotatable bonds is 5. The average molecular weight is 339 g/mol. The van der Waals surface area contributed by atoms with E-state index in [2.05, 4.69) is 25.3 Å². The third kappa shape index (κ3) is 3.94. The van der Waals surface area contributed by atoms with E-state index in [4.69, 9.17) is 0 Å². The SMILES string of the molecule is CC(C)c1cc(=O)n(CC(=O)Nc2cc(-n3ccnc3)ncn2)cn1. The van der Waals surface area contributed by atoms with Gasteiger partial charge in [0.2, 0.25) is 5.91 Å². The van der Waals surface area contributed by atoms with Gasteiger partial charge in [0.05, 0.1) is 12.0 Å². The molecule has 9 nitrogen and oxygen atoms in total. The van der Waals surface area contributed by atoms with Crippen molar-refractivity contribution in [3.8, 4) is 5.82 Å². The molecule has 0 spiro atoms. The van der Waals surface area contributed by atoms with Gasteiger partial charge in [0.25, 0.3) is 5.56 Å². The molecule has 0 aliphatic carbocycles. The van der Waals surface area contributed by atoms with Crippen LogP contribution in [0.15, 0.2) is 48.3 Å². The molecular formula is C16H17N7O2. The molecule has 0 bridgehead atoms. The summed E-state index contributed by atoms with van der Waals surface area (Å²) in [4.78, 5) is 40.5. The maximum Gasteiger partial charge on any atom is 0.254 e. The van der Waals surface area contributed by atoms with Crippen LogP contribution >= 0.6 is 0 Å². The number of amides is 1. The van der Waals surface area contributed by atoms with E-state index in [0.717, 1.165) is 0 Å². The molecule has 1 amide bonds. The zero-order valence-corrected chi connectivity index (χ0v) is 13.8. The lowest BCUT2D eigenvalue weighted by atomic mass is 10.1. The van der Waals surface area contributed by atoms with Crippen LogP contribution in [0.4, 0.5) is 5.82 Å². The first-order chi connectivity index (χ1) is 12.0. The lowest BCUT2D eigenvalue weighted by Gasteiger charge is -2.09. The fraction of sp³-hybridized carbons (Fsp3) is 0.250. The van der Waals surface area contributed by atoms with E-state index in [1.165, 1.54) is 23.3 Å². The Kier molecular flexibility index (Phi) is 4.64. The van der Waals surface area contributed by atoms with Crippen molar-refractivity contribution in [2.24, 2.45) is 0 Å². The highest BCUT2D eigenvalue weighted by Crippen LogP contribution is 2.09. The molecule has 0 fully saturated rings. The number of nitrogens with one attached hydrogen (secondary N) is 1. The van der Waals surface area contributed by atoms with Crippen molar-refractivity contribution in [3.63, 3.8) is 0 Å². The predicted octanol–water partition coefficient (Wildman–Crippen LogP) is 0.981. The van der Waals surface area contributed by atoms with E-state index in [-0.39, 0.29) is 23.9 Å². The van der Waals surface area contributed by atoms with Gasteiger partial charge >= 0.3 is 0 Å². The van der Waals surface area contributed by atoms with E-state index in [1.54, 1.807) is 29.4 Å². The number of carbonyl (C=O) groups excluding carboxylic acids is 1. The second kappa shape index (κ2) is 7.04. The summed E-state index contributed by atoms with van der Waals surface area (Å²) in [6.07, 6.45) is 7.68. The van der Waals surface area contributed by atoms with Gasteiger partial charge in [-0.1, -0.05) is 13.8 Å². The van der Waals surface area contributed by atoms with Crippen LogP contribution in [0.5, 0.6) is 0 Å². The minimum absolute atomic E-state index is 0.144. The highest BCUT2D eigenvalue weighted by molar-refractivity contribution is 5.89. The van der Waals surface area contributed by atoms with Gasteiger partial charge in [-0.2, -0.15) is 0 Å². The van der Waals surface area contributed by atoms with Crippen LogP contribution in [0.1, 0.15) is 25.5 Å². The molecule has 3 aromatic rings. The molecule has 3 heterocycles. The molecule has 0 aliphatic rings. The minimum Gasteiger partial charge on any atom is -0.309 e.